The topological polar surface area (TPSA) is 85.1 Å². The summed E-state index contributed by atoms with van der Waals surface area (Å²) < 4.78 is 31.9. The molecule has 2 heterocycles. The largest absolute Gasteiger partial charge is 0.443 e. The molecule has 6 nitrogen and oxygen atoms in total. The first kappa shape index (κ1) is 12.8. The lowest BCUT2D eigenvalue weighted by molar-refractivity contribution is 0.578. The zero-order valence-corrected chi connectivity index (χ0v) is 11.2. The monoisotopic (exact) mass is 289 g/mol. The lowest BCUT2D eigenvalue weighted by Gasteiger charge is -2.06. The normalized spacial score (nSPS) is 11.8. The molecule has 1 aromatic carbocycles. The summed E-state index contributed by atoms with van der Waals surface area (Å²) in [6.07, 6.45) is 2.90. The van der Waals surface area contributed by atoms with Gasteiger partial charge >= 0.3 is 0 Å². The highest BCUT2D eigenvalue weighted by molar-refractivity contribution is 7.89. The molecule has 0 aliphatic carbocycles. The summed E-state index contributed by atoms with van der Waals surface area (Å²) in [4.78, 5) is 8.14. The van der Waals surface area contributed by atoms with E-state index in [1.54, 1.807) is 30.5 Å². The maximum atomic E-state index is 12.2. The summed E-state index contributed by atoms with van der Waals surface area (Å²) >= 11 is 0. The van der Waals surface area contributed by atoms with Crippen molar-refractivity contribution in [2.45, 2.75) is 11.4 Å². The van der Waals surface area contributed by atoms with Gasteiger partial charge < -0.3 is 4.42 Å². The molecular formula is C13H11N3O3S. The Bertz CT molecular complexity index is 828. The number of benzene rings is 1. The standard InChI is InChI=1S/C13H11N3O3S/c17-20(18,16-8-10-3-1-2-6-14-10)11-4-5-12-13(7-11)19-9-15-12/h1-7,9,16H,8H2. The number of nitrogens with zero attached hydrogens (tertiary/aromatic N) is 2. The Morgan fingerprint density at radius 1 is 1.15 bits per heavy atom. The molecule has 0 bridgehead atoms. The van der Waals surface area contributed by atoms with Gasteiger partial charge in [-0.25, -0.2) is 18.1 Å². The Labute approximate surface area is 115 Å². The highest BCUT2D eigenvalue weighted by Gasteiger charge is 2.15. The first-order chi connectivity index (χ1) is 9.65. The number of hydrogen-bond donors (Lipinski definition) is 1. The minimum atomic E-state index is -3.61. The average Bonchev–Trinajstić information content (AvgIpc) is 2.94. The van der Waals surface area contributed by atoms with Gasteiger partial charge in [0.25, 0.3) is 0 Å². The molecule has 102 valence electrons. The Morgan fingerprint density at radius 3 is 2.85 bits per heavy atom. The third-order valence-electron chi connectivity index (χ3n) is 2.78. The number of fused-ring (bicyclic) bond motifs is 1. The molecule has 20 heavy (non-hydrogen) atoms. The highest BCUT2D eigenvalue weighted by Crippen LogP contribution is 2.17. The van der Waals surface area contributed by atoms with E-state index >= 15 is 0 Å². The summed E-state index contributed by atoms with van der Waals surface area (Å²) in [6.45, 7) is 0.137. The molecule has 3 aromatic rings. The smallest absolute Gasteiger partial charge is 0.241 e. The van der Waals surface area contributed by atoms with Crippen LogP contribution in [0.3, 0.4) is 0 Å². The SMILES string of the molecule is O=S(=O)(NCc1ccccn1)c1ccc2ncoc2c1. The van der Waals surface area contributed by atoms with Crippen LogP contribution in [0.2, 0.25) is 0 Å². The van der Waals surface area contributed by atoms with Crippen LogP contribution in [0, 0.1) is 0 Å². The van der Waals surface area contributed by atoms with Crippen molar-refractivity contribution in [3.8, 4) is 0 Å². The summed E-state index contributed by atoms with van der Waals surface area (Å²) in [5.74, 6) is 0. The average molecular weight is 289 g/mol. The molecule has 0 saturated heterocycles. The number of aromatic nitrogens is 2. The second-order valence-corrected chi connectivity index (χ2v) is 5.89. The number of hydrogen-bond acceptors (Lipinski definition) is 5. The van der Waals surface area contributed by atoms with Crippen LogP contribution in [0.5, 0.6) is 0 Å². The number of sulfonamides is 1. The van der Waals surface area contributed by atoms with Crippen molar-refractivity contribution in [2.75, 3.05) is 0 Å². The molecule has 0 unspecified atom stereocenters. The van der Waals surface area contributed by atoms with Crippen molar-refractivity contribution in [2.24, 2.45) is 0 Å². The van der Waals surface area contributed by atoms with Crippen LogP contribution < -0.4 is 4.72 Å². The summed E-state index contributed by atoms with van der Waals surface area (Å²) in [5.41, 5.74) is 1.70. The van der Waals surface area contributed by atoms with Gasteiger partial charge in [-0.05, 0) is 24.3 Å². The van der Waals surface area contributed by atoms with Crippen LogP contribution in [0.4, 0.5) is 0 Å². The molecule has 0 amide bonds. The molecule has 0 radical (unpaired) electrons. The fourth-order valence-corrected chi connectivity index (χ4v) is 2.77. The van der Waals surface area contributed by atoms with E-state index in [-0.39, 0.29) is 11.4 Å². The number of pyridine rings is 1. The third-order valence-corrected chi connectivity index (χ3v) is 4.18. The van der Waals surface area contributed by atoms with E-state index in [1.165, 1.54) is 18.5 Å². The van der Waals surface area contributed by atoms with E-state index in [0.717, 1.165) is 0 Å². The van der Waals surface area contributed by atoms with Gasteiger partial charge in [-0.2, -0.15) is 0 Å². The molecule has 7 heteroatoms. The number of oxazole rings is 1. The van der Waals surface area contributed by atoms with E-state index < -0.39 is 10.0 Å². The minimum Gasteiger partial charge on any atom is -0.443 e. The van der Waals surface area contributed by atoms with E-state index in [0.29, 0.717) is 16.8 Å². The summed E-state index contributed by atoms with van der Waals surface area (Å²) in [6, 6.07) is 9.87. The van der Waals surface area contributed by atoms with Gasteiger partial charge in [0.1, 0.15) is 5.52 Å². The van der Waals surface area contributed by atoms with Crippen molar-refractivity contribution in [3.05, 3.63) is 54.7 Å². The van der Waals surface area contributed by atoms with Crippen LogP contribution in [0.25, 0.3) is 11.1 Å². The molecular weight excluding hydrogens is 278 g/mol. The van der Waals surface area contributed by atoms with Gasteiger partial charge in [0.2, 0.25) is 10.0 Å². The maximum absolute atomic E-state index is 12.2. The predicted octanol–water partition coefficient (Wildman–Crippen LogP) is 1.70. The van der Waals surface area contributed by atoms with Crippen LogP contribution >= 0.6 is 0 Å². The lowest BCUT2D eigenvalue weighted by Crippen LogP contribution is -2.23. The molecule has 0 atom stereocenters. The summed E-state index contributed by atoms with van der Waals surface area (Å²) in [7, 11) is -3.61. The third kappa shape index (κ3) is 2.54. The zero-order valence-electron chi connectivity index (χ0n) is 10.4. The Hall–Kier alpha value is -2.25. The van der Waals surface area contributed by atoms with Crippen LogP contribution in [0.15, 0.2) is 58.3 Å². The highest BCUT2D eigenvalue weighted by atomic mass is 32.2. The fraction of sp³-hybridized carbons (Fsp3) is 0.0769. The first-order valence-corrected chi connectivity index (χ1v) is 7.36. The van der Waals surface area contributed by atoms with Gasteiger partial charge in [0, 0.05) is 12.3 Å². The first-order valence-electron chi connectivity index (χ1n) is 5.88. The van der Waals surface area contributed by atoms with Gasteiger partial charge in [-0.15, -0.1) is 0 Å². The van der Waals surface area contributed by atoms with Gasteiger partial charge in [0.15, 0.2) is 12.0 Å². The Kier molecular flexibility index (Phi) is 3.21. The fourth-order valence-electron chi connectivity index (χ4n) is 1.76. The van der Waals surface area contributed by atoms with Gasteiger partial charge in [-0.1, -0.05) is 6.07 Å². The quantitative estimate of drug-likeness (QED) is 0.790. The van der Waals surface area contributed by atoms with Crippen LogP contribution in [-0.4, -0.2) is 18.4 Å². The molecule has 3 rings (SSSR count). The Morgan fingerprint density at radius 2 is 2.05 bits per heavy atom. The van der Waals surface area contributed by atoms with E-state index in [2.05, 4.69) is 14.7 Å². The van der Waals surface area contributed by atoms with Crippen molar-refractivity contribution in [1.29, 1.82) is 0 Å². The Balaban J connectivity index is 1.84. The zero-order chi connectivity index (χ0) is 14.0. The second-order valence-electron chi connectivity index (χ2n) is 4.13. The summed E-state index contributed by atoms with van der Waals surface area (Å²) in [5, 5.41) is 0. The van der Waals surface area contributed by atoms with Gasteiger partial charge in [0.05, 0.1) is 17.1 Å². The van der Waals surface area contributed by atoms with Crippen molar-refractivity contribution in [3.63, 3.8) is 0 Å². The maximum Gasteiger partial charge on any atom is 0.241 e. The van der Waals surface area contributed by atoms with E-state index in [4.69, 9.17) is 4.42 Å². The second kappa shape index (κ2) is 5.03. The minimum absolute atomic E-state index is 0.137. The molecule has 0 fully saturated rings. The molecule has 0 saturated carbocycles. The lowest BCUT2D eigenvalue weighted by atomic mass is 10.3. The van der Waals surface area contributed by atoms with E-state index in [1.807, 2.05) is 0 Å². The van der Waals surface area contributed by atoms with Crippen LogP contribution in [-0.2, 0) is 16.6 Å². The predicted molar refractivity (Wildman–Crippen MR) is 72.3 cm³/mol. The number of rotatable bonds is 4. The van der Waals surface area contributed by atoms with Gasteiger partial charge in [-0.3, -0.25) is 4.98 Å². The molecule has 0 spiro atoms. The molecule has 2 aromatic heterocycles. The van der Waals surface area contributed by atoms with Crippen molar-refractivity contribution < 1.29 is 12.8 Å². The van der Waals surface area contributed by atoms with Crippen LogP contribution in [0.1, 0.15) is 5.69 Å². The number of nitrogens with one attached hydrogen (secondary N) is 1. The van der Waals surface area contributed by atoms with Crippen molar-refractivity contribution >= 4 is 21.1 Å². The molecule has 1 N–H and O–H groups in total. The van der Waals surface area contributed by atoms with Crippen molar-refractivity contribution in [1.82, 2.24) is 14.7 Å². The molecule has 0 aliphatic heterocycles. The van der Waals surface area contributed by atoms with E-state index in [9.17, 15) is 8.42 Å². The molecule has 0 aliphatic rings.